The Balaban J connectivity index is 1.61. The summed E-state index contributed by atoms with van der Waals surface area (Å²) in [4.78, 5) is 0. The number of hydrogen-bond donors (Lipinski definition) is 0. The Morgan fingerprint density at radius 3 is 1.86 bits per heavy atom. The topological polar surface area (TPSA) is 0 Å². The van der Waals surface area contributed by atoms with Crippen LogP contribution in [0, 0.1) is 53.3 Å². The second-order valence-electron chi connectivity index (χ2n) is 9.94. The minimum Gasteiger partial charge on any atom is -0.0622 e. The molecule has 0 nitrogen and oxygen atoms in total. The van der Waals surface area contributed by atoms with E-state index in [4.69, 9.17) is 0 Å². The van der Waals surface area contributed by atoms with Crippen LogP contribution in [0.4, 0.5) is 0 Å². The van der Waals surface area contributed by atoms with Crippen LogP contribution in [0.5, 0.6) is 0 Å². The third-order valence-corrected chi connectivity index (χ3v) is 8.86. The smallest absolute Gasteiger partial charge is 0.0321 e. The maximum atomic E-state index is 2.61. The van der Waals surface area contributed by atoms with Gasteiger partial charge in [0.15, 0.2) is 0 Å². The van der Waals surface area contributed by atoms with Gasteiger partial charge in [-0.1, -0.05) is 52.9 Å². The van der Waals surface area contributed by atoms with E-state index < -0.39 is 0 Å². The monoisotopic (exact) mass is 302 g/mol. The molecule has 4 aliphatic rings. The zero-order chi connectivity index (χ0) is 15.3. The summed E-state index contributed by atoms with van der Waals surface area (Å²) in [6, 6.07) is 0. The number of rotatable bonds is 1. The average molecular weight is 303 g/mol. The highest BCUT2D eigenvalue weighted by molar-refractivity contribution is 5.00. The van der Waals surface area contributed by atoms with Crippen LogP contribution >= 0.6 is 0 Å². The Bertz CT molecular complexity index is 385. The molecule has 0 radical (unpaired) electrons. The molecule has 0 aromatic rings. The van der Waals surface area contributed by atoms with Crippen molar-refractivity contribution in [1.82, 2.24) is 0 Å². The lowest BCUT2D eigenvalue weighted by Crippen LogP contribution is -2.46. The summed E-state index contributed by atoms with van der Waals surface area (Å²) in [6.07, 6.45) is 15.7. The fourth-order valence-corrected chi connectivity index (χ4v) is 7.67. The van der Waals surface area contributed by atoms with Gasteiger partial charge in [0.25, 0.3) is 0 Å². The van der Waals surface area contributed by atoms with Crippen molar-refractivity contribution in [3.8, 4) is 0 Å². The first-order valence-electron chi connectivity index (χ1n) is 10.6. The van der Waals surface area contributed by atoms with E-state index >= 15 is 0 Å². The molecule has 0 saturated heterocycles. The van der Waals surface area contributed by atoms with Crippen LogP contribution in [0.3, 0.4) is 0 Å². The SMILES string of the molecule is CC1CC(C)C(C2C3CCCCC3CC3CCCC32)CC1C. The number of fused-ring (bicyclic) bond motifs is 2. The molecule has 4 rings (SSSR count). The predicted octanol–water partition coefficient (Wildman–Crippen LogP) is 6.55. The summed E-state index contributed by atoms with van der Waals surface area (Å²) in [5.41, 5.74) is 0. The maximum Gasteiger partial charge on any atom is -0.0321 e. The summed E-state index contributed by atoms with van der Waals surface area (Å²) in [5.74, 6) is 9.65. The Kier molecular flexibility index (Phi) is 4.33. The van der Waals surface area contributed by atoms with Crippen LogP contribution in [0.1, 0.15) is 85.0 Å². The second kappa shape index (κ2) is 6.14. The van der Waals surface area contributed by atoms with E-state index in [1.807, 2.05) is 0 Å². The molecule has 4 aliphatic carbocycles. The summed E-state index contributed by atoms with van der Waals surface area (Å²) in [6.45, 7) is 7.68. The Labute approximate surface area is 138 Å². The Morgan fingerprint density at radius 2 is 1.09 bits per heavy atom. The van der Waals surface area contributed by atoms with Crippen molar-refractivity contribution in [3.05, 3.63) is 0 Å². The summed E-state index contributed by atoms with van der Waals surface area (Å²) in [5, 5.41) is 0. The zero-order valence-electron chi connectivity index (χ0n) is 15.3. The van der Waals surface area contributed by atoms with E-state index in [0.29, 0.717) is 0 Å². The molecule has 0 aromatic heterocycles. The van der Waals surface area contributed by atoms with Gasteiger partial charge in [0.2, 0.25) is 0 Å². The van der Waals surface area contributed by atoms with Gasteiger partial charge in [0.05, 0.1) is 0 Å². The van der Waals surface area contributed by atoms with Gasteiger partial charge in [0.1, 0.15) is 0 Å². The van der Waals surface area contributed by atoms with Crippen LogP contribution in [-0.4, -0.2) is 0 Å². The van der Waals surface area contributed by atoms with Gasteiger partial charge >= 0.3 is 0 Å². The number of hydrogen-bond acceptors (Lipinski definition) is 0. The highest BCUT2D eigenvalue weighted by Gasteiger charge is 2.51. The molecule has 0 N–H and O–H groups in total. The quantitative estimate of drug-likeness (QED) is 0.515. The maximum absolute atomic E-state index is 2.61. The van der Waals surface area contributed by atoms with Crippen molar-refractivity contribution in [3.63, 3.8) is 0 Å². The zero-order valence-corrected chi connectivity index (χ0v) is 15.3. The van der Waals surface area contributed by atoms with Crippen LogP contribution in [-0.2, 0) is 0 Å². The van der Waals surface area contributed by atoms with Crippen LogP contribution < -0.4 is 0 Å². The molecule has 126 valence electrons. The van der Waals surface area contributed by atoms with E-state index in [-0.39, 0.29) is 0 Å². The summed E-state index contributed by atoms with van der Waals surface area (Å²) < 4.78 is 0. The molecule has 4 saturated carbocycles. The van der Waals surface area contributed by atoms with Crippen molar-refractivity contribution in [1.29, 1.82) is 0 Å². The van der Waals surface area contributed by atoms with E-state index in [2.05, 4.69) is 20.8 Å². The molecule has 22 heavy (non-hydrogen) atoms. The molecule has 0 heteroatoms. The van der Waals surface area contributed by atoms with Crippen LogP contribution in [0.2, 0.25) is 0 Å². The Hall–Kier alpha value is 0. The van der Waals surface area contributed by atoms with Crippen molar-refractivity contribution in [2.75, 3.05) is 0 Å². The standard InChI is InChI=1S/C22H38/c1-14-11-16(3)21(12-15(14)2)22-19-9-5-4-7-17(19)13-18-8-6-10-20(18)22/h14-22H,4-13H2,1-3H3. The van der Waals surface area contributed by atoms with Crippen LogP contribution in [0.15, 0.2) is 0 Å². The van der Waals surface area contributed by atoms with E-state index in [1.54, 1.807) is 57.8 Å². The van der Waals surface area contributed by atoms with Gasteiger partial charge in [-0.05, 0) is 85.4 Å². The fraction of sp³-hybridized carbons (Fsp3) is 1.00. The van der Waals surface area contributed by atoms with E-state index in [0.717, 1.165) is 53.3 Å². The minimum absolute atomic E-state index is 0.969. The highest BCUT2D eigenvalue weighted by Crippen LogP contribution is 2.59. The molecule has 0 bridgehead atoms. The normalized spacial score (nSPS) is 55.5. The lowest BCUT2D eigenvalue weighted by Gasteiger charge is -2.54. The summed E-state index contributed by atoms with van der Waals surface area (Å²) in [7, 11) is 0. The van der Waals surface area contributed by atoms with Crippen LogP contribution in [0.25, 0.3) is 0 Å². The first-order chi connectivity index (χ1) is 10.6. The van der Waals surface area contributed by atoms with Gasteiger partial charge in [-0.15, -0.1) is 0 Å². The second-order valence-corrected chi connectivity index (χ2v) is 9.94. The first kappa shape index (κ1) is 15.5. The summed E-state index contributed by atoms with van der Waals surface area (Å²) >= 11 is 0. The fourth-order valence-electron chi connectivity index (χ4n) is 7.67. The van der Waals surface area contributed by atoms with Crippen molar-refractivity contribution in [2.45, 2.75) is 85.0 Å². The van der Waals surface area contributed by atoms with Crippen molar-refractivity contribution < 1.29 is 0 Å². The minimum atomic E-state index is 0.969. The highest BCUT2D eigenvalue weighted by atomic mass is 14.6. The third-order valence-electron chi connectivity index (χ3n) is 8.86. The van der Waals surface area contributed by atoms with Gasteiger partial charge in [-0.2, -0.15) is 0 Å². The molecular weight excluding hydrogens is 264 g/mol. The van der Waals surface area contributed by atoms with Gasteiger partial charge in [-0.25, -0.2) is 0 Å². The molecule has 0 amide bonds. The van der Waals surface area contributed by atoms with Crippen molar-refractivity contribution >= 4 is 0 Å². The van der Waals surface area contributed by atoms with E-state index in [9.17, 15) is 0 Å². The van der Waals surface area contributed by atoms with Gasteiger partial charge < -0.3 is 0 Å². The molecule has 9 atom stereocenters. The largest absolute Gasteiger partial charge is 0.0622 e. The molecule has 9 unspecified atom stereocenters. The first-order valence-corrected chi connectivity index (χ1v) is 10.6. The molecule has 0 heterocycles. The van der Waals surface area contributed by atoms with Gasteiger partial charge in [-0.3, -0.25) is 0 Å². The lowest BCUT2D eigenvalue weighted by molar-refractivity contribution is -0.0480. The Morgan fingerprint density at radius 1 is 0.500 bits per heavy atom. The average Bonchev–Trinajstić information content (AvgIpc) is 2.97. The third kappa shape index (κ3) is 2.57. The molecule has 4 fully saturated rings. The molecule has 0 aromatic carbocycles. The molecule has 0 aliphatic heterocycles. The van der Waals surface area contributed by atoms with E-state index in [1.165, 1.54) is 6.42 Å². The van der Waals surface area contributed by atoms with Crippen molar-refractivity contribution in [2.24, 2.45) is 53.3 Å². The molecular formula is C22H38. The molecule has 0 spiro atoms. The van der Waals surface area contributed by atoms with Gasteiger partial charge in [0, 0.05) is 0 Å². The predicted molar refractivity (Wildman–Crippen MR) is 94.6 cm³/mol. The lowest BCUT2D eigenvalue weighted by atomic mass is 9.51.